The Morgan fingerprint density at radius 1 is 1.24 bits per heavy atom. The van der Waals surface area contributed by atoms with E-state index >= 15 is 0 Å². The second-order valence-corrected chi connectivity index (χ2v) is 4.99. The minimum absolute atomic E-state index is 0.312. The van der Waals surface area contributed by atoms with E-state index in [1.54, 1.807) is 23.1 Å². The highest BCUT2D eigenvalue weighted by Gasteiger charge is 2.24. The number of urea groups is 1. The molecular weight excluding hydrogens is 295 g/mol. The summed E-state index contributed by atoms with van der Waals surface area (Å²) in [7, 11) is 0. The quantitative estimate of drug-likeness (QED) is 0.868. The van der Waals surface area contributed by atoms with Gasteiger partial charge in [0.2, 0.25) is 0 Å². The maximum Gasteiger partial charge on any atom is 0.326 e. The van der Waals surface area contributed by atoms with Gasteiger partial charge < -0.3 is 10.1 Å². The fourth-order valence-corrected chi connectivity index (χ4v) is 2.29. The number of hydrogen-bond donors (Lipinski definition) is 1. The van der Waals surface area contributed by atoms with Gasteiger partial charge in [0, 0.05) is 10.7 Å². The van der Waals surface area contributed by atoms with Crippen molar-refractivity contribution in [2.75, 3.05) is 23.4 Å². The Bertz CT molecular complexity index is 676. The fraction of sp³-hybridized carbons (Fsp3) is 0.133. The number of hydrogen-bond acceptors (Lipinski definition) is 2. The van der Waals surface area contributed by atoms with Crippen molar-refractivity contribution >= 4 is 29.0 Å². The first-order valence-electron chi connectivity index (χ1n) is 6.40. The van der Waals surface area contributed by atoms with Crippen LogP contribution in [0.4, 0.5) is 20.6 Å². The van der Waals surface area contributed by atoms with Crippen molar-refractivity contribution in [1.29, 1.82) is 0 Å². The Balaban J connectivity index is 1.83. The van der Waals surface area contributed by atoms with E-state index in [0.717, 1.165) is 0 Å². The molecule has 0 saturated carbocycles. The van der Waals surface area contributed by atoms with Crippen LogP contribution >= 0.6 is 11.6 Å². The van der Waals surface area contributed by atoms with Crippen molar-refractivity contribution in [3.05, 3.63) is 53.3 Å². The number of fused-ring (bicyclic) bond motifs is 1. The van der Waals surface area contributed by atoms with Crippen LogP contribution < -0.4 is 15.0 Å². The van der Waals surface area contributed by atoms with Gasteiger partial charge in [-0.15, -0.1) is 0 Å². The fourth-order valence-electron chi connectivity index (χ4n) is 2.13. The summed E-state index contributed by atoms with van der Waals surface area (Å²) in [5.74, 6) is 0.261. The monoisotopic (exact) mass is 306 g/mol. The van der Waals surface area contributed by atoms with E-state index in [9.17, 15) is 9.18 Å². The van der Waals surface area contributed by atoms with Gasteiger partial charge >= 0.3 is 6.03 Å². The molecule has 2 aromatic carbocycles. The van der Waals surface area contributed by atoms with Gasteiger partial charge in [0.25, 0.3) is 0 Å². The first kappa shape index (κ1) is 13.7. The molecule has 2 amide bonds. The second kappa shape index (κ2) is 5.61. The number of nitrogens with zero attached hydrogens (tertiary/aromatic N) is 1. The third-order valence-electron chi connectivity index (χ3n) is 3.12. The number of rotatable bonds is 1. The van der Waals surface area contributed by atoms with Crippen molar-refractivity contribution in [2.45, 2.75) is 0 Å². The van der Waals surface area contributed by atoms with Gasteiger partial charge in [-0.25, -0.2) is 9.18 Å². The molecule has 0 aliphatic carbocycles. The summed E-state index contributed by atoms with van der Waals surface area (Å²) < 4.78 is 18.4. The summed E-state index contributed by atoms with van der Waals surface area (Å²) in [6.45, 7) is 0.825. The second-order valence-electron chi connectivity index (χ2n) is 4.55. The van der Waals surface area contributed by atoms with Crippen molar-refractivity contribution in [2.24, 2.45) is 0 Å². The number of amides is 2. The van der Waals surface area contributed by atoms with Gasteiger partial charge in [-0.2, -0.15) is 0 Å². The van der Waals surface area contributed by atoms with Crippen LogP contribution in [0.3, 0.4) is 0 Å². The molecular formula is C15H12ClFN2O2. The van der Waals surface area contributed by atoms with E-state index < -0.39 is 0 Å². The summed E-state index contributed by atoms with van der Waals surface area (Å²) in [4.78, 5) is 13.9. The van der Waals surface area contributed by atoms with Crippen LogP contribution in [0.15, 0.2) is 42.5 Å². The third-order valence-corrected chi connectivity index (χ3v) is 3.36. The number of carbonyl (C=O) groups is 1. The summed E-state index contributed by atoms with van der Waals surface area (Å²) in [6.07, 6.45) is 0. The highest BCUT2D eigenvalue weighted by molar-refractivity contribution is 6.31. The maximum absolute atomic E-state index is 12.9. The highest BCUT2D eigenvalue weighted by atomic mass is 35.5. The molecule has 0 aromatic heterocycles. The van der Waals surface area contributed by atoms with Gasteiger partial charge in [0.15, 0.2) is 0 Å². The van der Waals surface area contributed by atoms with Crippen LogP contribution in [-0.2, 0) is 0 Å². The molecule has 1 heterocycles. The third kappa shape index (κ3) is 2.92. The first-order chi connectivity index (χ1) is 10.1. The maximum atomic E-state index is 12.9. The number of benzene rings is 2. The Morgan fingerprint density at radius 3 is 2.76 bits per heavy atom. The molecule has 0 radical (unpaired) electrons. The van der Waals surface area contributed by atoms with Gasteiger partial charge in [-0.3, -0.25) is 4.90 Å². The van der Waals surface area contributed by atoms with E-state index in [4.69, 9.17) is 16.3 Å². The highest BCUT2D eigenvalue weighted by Crippen LogP contribution is 2.34. The summed E-state index contributed by atoms with van der Waals surface area (Å²) in [6, 6.07) is 10.4. The zero-order valence-corrected chi connectivity index (χ0v) is 11.7. The predicted molar refractivity (Wildman–Crippen MR) is 79.7 cm³/mol. The molecule has 108 valence electrons. The molecule has 0 unspecified atom stereocenters. The molecule has 0 spiro atoms. The largest absolute Gasteiger partial charge is 0.490 e. The van der Waals surface area contributed by atoms with Crippen molar-refractivity contribution in [1.82, 2.24) is 0 Å². The molecule has 6 heteroatoms. The lowest BCUT2D eigenvalue weighted by Crippen LogP contribution is -2.40. The Hall–Kier alpha value is -2.27. The predicted octanol–water partition coefficient (Wildman–Crippen LogP) is 3.91. The molecule has 0 saturated heterocycles. The van der Waals surface area contributed by atoms with E-state index in [2.05, 4.69) is 5.32 Å². The molecule has 1 N–H and O–H groups in total. The standard InChI is InChI=1S/C15H12ClFN2O2/c16-10-1-6-14-13(9-10)19(7-8-21-14)15(20)18-12-4-2-11(17)3-5-12/h1-6,9H,7-8H2,(H,18,20). The van der Waals surface area contributed by atoms with Crippen LogP contribution in [0.5, 0.6) is 5.75 Å². The minimum atomic E-state index is -0.350. The molecule has 1 aliphatic rings. The lowest BCUT2D eigenvalue weighted by atomic mass is 10.2. The van der Waals surface area contributed by atoms with E-state index in [0.29, 0.717) is 35.3 Å². The van der Waals surface area contributed by atoms with E-state index in [1.807, 2.05) is 0 Å². The zero-order valence-electron chi connectivity index (χ0n) is 11.0. The Kier molecular flexibility index (Phi) is 3.66. The molecule has 0 fully saturated rings. The van der Waals surface area contributed by atoms with Crippen LogP contribution in [0.2, 0.25) is 5.02 Å². The Morgan fingerprint density at radius 2 is 2.00 bits per heavy atom. The summed E-state index contributed by atoms with van der Waals surface area (Å²) in [5.41, 5.74) is 1.14. The van der Waals surface area contributed by atoms with Crippen molar-refractivity contribution < 1.29 is 13.9 Å². The average molecular weight is 307 g/mol. The molecule has 0 atom stereocenters. The topological polar surface area (TPSA) is 41.6 Å². The number of halogens is 2. The molecule has 1 aliphatic heterocycles. The molecule has 3 rings (SSSR count). The molecule has 2 aromatic rings. The van der Waals surface area contributed by atoms with Gasteiger partial charge in [0.05, 0.1) is 12.2 Å². The summed E-state index contributed by atoms with van der Waals surface area (Å²) >= 11 is 5.97. The first-order valence-corrected chi connectivity index (χ1v) is 6.78. The number of ether oxygens (including phenoxy) is 1. The van der Waals surface area contributed by atoms with E-state index in [-0.39, 0.29) is 11.8 Å². The van der Waals surface area contributed by atoms with E-state index in [1.165, 1.54) is 24.3 Å². The van der Waals surface area contributed by atoms with Crippen LogP contribution in [-0.4, -0.2) is 19.2 Å². The number of carbonyl (C=O) groups excluding carboxylic acids is 1. The number of anilines is 2. The van der Waals surface area contributed by atoms with Crippen LogP contribution in [0.1, 0.15) is 0 Å². The van der Waals surface area contributed by atoms with Crippen molar-refractivity contribution in [3.8, 4) is 5.75 Å². The summed E-state index contributed by atoms with van der Waals surface area (Å²) in [5, 5.41) is 3.25. The minimum Gasteiger partial charge on any atom is -0.490 e. The van der Waals surface area contributed by atoms with Gasteiger partial charge in [0.1, 0.15) is 18.2 Å². The number of nitrogens with one attached hydrogen (secondary N) is 1. The average Bonchev–Trinajstić information content (AvgIpc) is 2.49. The SMILES string of the molecule is O=C(Nc1ccc(F)cc1)N1CCOc2ccc(Cl)cc21. The van der Waals surface area contributed by atoms with Crippen molar-refractivity contribution in [3.63, 3.8) is 0 Å². The van der Waals surface area contributed by atoms with Gasteiger partial charge in [-0.05, 0) is 42.5 Å². The lowest BCUT2D eigenvalue weighted by Gasteiger charge is -2.29. The molecule has 4 nitrogen and oxygen atoms in total. The normalized spacial score (nSPS) is 13.3. The molecule has 21 heavy (non-hydrogen) atoms. The zero-order chi connectivity index (χ0) is 14.8. The lowest BCUT2D eigenvalue weighted by molar-refractivity contribution is 0.250. The Labute approximate surface area is 126 Å². The van der Waals surface area contributed by atoms with Gasteiger partial charge in [-0.1, -0.05) is 11.6 Å². The smallest absolute Gasteiger partial charge is 0.326 e. The molecule has 0 bridgehead atoms. The van der Waals surface area contributed by atoms with Crippen LogP contribution in [0.25, 0.3) is 0 Å². The van der Waals surface area contributed by atoms with Crippen LogP contribution in [0, 0.1) is 5.82 Å².